The molecule has 2 rings (SSSR count). The number of alkyl halides is 3. The number of hydrogen-bond donors (Lipinski definition) is 1. The van der Waals surface area contributed by atoms with Gasteiger partial charge in [0, 0.05) is 0 Å². The van der Waals surface area contributed by atoms with Gasteiger partial charge in [0.25, 0.3) is 0 Å². The Morgan fingerprint density at radius 3 is 2.53 bits per heavy atom. The minimum Gasteiger partial charge on any atom is -0.496 e. The lowest BCUT2D eigenvalue weighted by Gasteiger charge is -2.24. The molecule has 0 spiro atoms. The fourth-order valence-electron chi connectivity index (χ4n) is 2.61. The van der Waals surface area contributed by atoms with Crippen LogP contribution in [0.25, 0.3) is 0 Å². The second-order valence-electron chi connectivity index (χ2n) is 4.89. The largest absolute Gasteiger partial charge is 0.496 e. The van der Waals surface area contributed by atoms with Crippen LogP contribution in [-0.2, 0) is 12.6 Å². The number of piperidine rings is 1. The maximum Gasteiger partial charge on any atom is 0.419 e. The molecule has 106 valence electrons. The molecular weight excluding hydrogens is 255 g/mol. The number of ether oxygens (including phenoxy) is 1. The van der Waals surface area contributed by atoms with Gasteiger partial charge < -0.3 is 10.1 Å². The lowest BCUT2D eigenvalue weighted by atomic mass is 9.90. The Balaban J connectivity index is 2.24. The van der Waals surface area contributed by atoms with Crippen LogP contribution in [0.1, 0.15) is 24.0 Å². The van der Waals surface area contributed by atoms with Crippen LogP contribution in [0.2, 0.25) is 0 Å². The van der Waals surface area contributed by atoms with Gasteiger partial charge in [-0.05, 0) is 49.9 Å². The van der Waals surface area contributed by atoms with Gasteiger partial charge in [-0.25, -0.2) is 0 Å². The van der Waals surface area contributed by atoms with Gasteiger partial charge in [-0.3, -0.25) is 0 Å². The SMILES string of the molecule is COc1c(CC2CCNCC2)cccc1C(F)(F)F. The first-order valence-corrected chi connectivity index (χ1v) is 6.46. The monoisotopic (exact) mass is 273 g/mol. The number of benzene rings is 1. The van der Waals surface area contributed by atoms with E-state index >= 15 is 0 Å². The quantitative estimate of drug-likeness (QED) is 0.912. The second kappa shape index (κ2) is 5.82. The predicted octanol–water partition coefficient (Wildman–Crippen LogP) is 3.26. The Hall–Kier alpha value is -1.23. The van der Waals surface area contributed by atoms with Crippen molar-refractivity contribution in [3.05, 3.63) is 29.3 Å². The summed E-state index contributed by atoms with van der Waals surface area (Å²) in [5.74, 6) is 0.409. The fraction of sp³-hybridized carbons (Fsp3) is 0.571. The Labute approximate surface area is 111 Å². The number of halogens is 3. The van der Waals surface area contributed by atoms with Crippen molar-refractivity contribution >= 4 is 0 Å². The highest BCUT2D eigenvalue weighted by Crippen LogP contribution is 2.39. The molecule has 1 saturated heterocycles. The van der Waals surface area contributed by atoms with E-state index in [0.29, 0.717) is 17.9 Å². The number of methoxy groups -OCH3 is 1. The molecule has 1 aromatic carbocycles. The molecule has 0 aliphatic carbocycles. The van der Waals surface area contributed by atoms with Gasteiger partial charge in [-0.1, -0.05) is 12.1 Å². The third kappa shape index (κ3) is 3.41. The van der Waals surface area contributed by atoms with Crippen LogP contribution in [0.3, 0.4) is 0 Å². The first-order chi connectivity index (χ1) is 9.02. The topological polar surface area (TPSA) is 21.3 Å². The molecule has 1 fully saturated rings. The van der Waals surface area contributed by atoms with Gasteiger partial charge in [0.05, 0.1) is 12.7 Å². The Morgan fingerprint density at radius 2 is 1.95 bits per heavy atom. The highest BCUT2D eigenvalue weighted by atomic mass is 19.4. The van der Waals surface area contributed by atoms with Crippen LogP contribution in [-0.4, -0.2) is 20.2 Å². The molecule has 0 radical (unpaired) electrons. The molecule has 1 N–H and O–H groups in total. The number of para-hydroxylation sites is 1. The number of hydrogen-bond acceptors (Lipinski definition) is 2. The predicted molar refractivity (Wildman–Crippen MR) is 67.3 cm³/mol. The Bertz CT molecular complexity index is 425. The van der Waals surface area contributed by atoms with Crippen LogP contribution in [0.4, 0.5) is 13.2 Å². The summed E-state index contributed by atoms with van der Waals surface area (Å²) in [4.78, 5) is 0. The molecule has 0 saturated carbocycles. The molecule has 0 unspecified atom stereocenters. The first-order valence-electron chi connectivity index (χ1n) is 6.46. The molecule has 0 atom stereocenters. The molecule has 0 aromatic heterocycles. The van der Waals surface area contributed by atoms with Gasteiger partial charge in [0.15, 0.2) is 0 Å². The van der Waals surface area contributed by atoms with Crippen molar-refractivity contribution < 1.29 is 17.9 Å². The molecule has 1 aliphatic rings. The summed E-state index contributed by atoms with van der Waals surface area (Å²) in [6.45, 7) is 1.87. The van der Waals surface area contributed by atoms with Crippen molar-refractivity contribution in [3.8, 4) is 5.75 Å². The second-order valence-corrected chi connectivity index (χ2v) is 4.89. The first kappa shape index (κ1) is 14.2. The minimum atomic E-state index is -4.37. The van der Waals surface area contributed by atoms with Crippen molar-refractivity contribution in [1.29, 1.82) is 0 Å². The summed E-state index contributed by atoms with van der Waals surface area (Å²) in [7, 11) is 1.30. The van der Waals surface area contributed by atoms with E-state index in [1.807, 2.05) is 0 Å². The standard InChI is InChI=1S/C14H18F3NO/c1-19-13-11(9-10-5-7-18-8-6-10)3-2-4-12(13)14(15,16)17/h2-4,10,18H,5-9H2,1H3. The van der Waals surface area contributed by atoms with E-state index < -0.39 is 11.7 Å². The lowest BCUT2D eigenvalue weighted by molar-refractivity contribution is -0.138. The molecule has 1 aromatic rings. The third-order valence-corrected chi connectivity index (χ3v) is 3.57. The highest BCUT2D eigenvalue weighted by molar-refractivity contribution is 5.43. The summed E-state index contributed by atoms with van der Waals surface area (Å²) >= 11 is 0. The van der Waals surface area contributed by atoms with Crippen molar-refractivity contribution in [2.24, 2.45) is 5.92 Å². The van der Waals surface area contributed by atoms with E-state index in [9.17, 15) is 13.2 Å². The number of nitrogens with one attached hydrogen (secondary N) is 1. The minimum absolute atomic E-state index is 0.0199. The molecule has 2 nitrogen and oxygen atoms in total. The van der Waals surface area contributed by atoms with E-state index in [1.165, 1.54) is 13.2 Å². The summed E-state index contributed by atoms with van der Waals surface area (Å²) in [6, 6.07) is 4.27. The average Bonchev–Trinajstić information content (AvgIpc) is 2.38. The molecular formula is C14H18F3NO. The maximum absolute atomic E-state index is 12.9. The summed E-state index contributed by atoms with van der Waals surface area (Å²) in [6.07, 6.45) is -1.72. The third-order valence-electron chi connectivity index (χ3n) is 3.57. The lowest BCUT2D eigenvalue weighted by Crippen LogP contribution is -2.28. The maximum atomic E-state index is 12.9. The molecule has 19 heavy (non-hydrogen) atoms. The normalized spacial score (nSPS) is 17.5. The van der Waals surface area contributed by atoms with E-state index in [1.54, 1.807) is 6.07 Å². The Morgan fingerprint density at radius 1 is 1.26 bits per heavy atom. The van der Waals surface area contributed by atoms with Crippen LogP contribution >= 0.6 is 0 Å². The van der Waals surface area contributed by atoms with Crippen molar-refractivity contribution in [2.75, 3.05) is 20.2 Å². The number of rotatable bonds is 3. The smallest absolute Gasteiger partial charge is 0.419 e. The van der Waals surface area contributed by atoms with E-state index in [-0.39, 0.29) is 5.75 Å². The molecule has 0 amide bonds. The van der Waals surface area contributed by atoms with E-state index in [2.05, 4.69) is 5.32 Å². The molecule has 5 heteroatoms. The zero-order valence-electron chi connectivity index (χ0n) is 10.9. The van der Waals surface area contributed by atoms with Gasteiger partial charge in [-0.15, -0.1) is 0 Å². The zero-order chi connectivity index (χ0) is 13.9. The van der Waals surface area contributed by atoms with Gasteiger partial charge >= 0.3 is 6.18 Å². The van der Waals surface area contributed by atoms with Gasteiger partial charge in [-0.2, -0.15) is 13.2 Å². The van der Waals surface area contributed by atoms with Crippen LogP contribution in [0.5, 0.6) is 5.75 Å². The van der Waals surface area contributed by atoms with E-state index in [4.69, 9.17) is 4.74 Å². The van der Waals surface area contributed by atoms with Crippen LogP contribution < -0.4 is 10.1 Å². The average molecular weight is 273 g/mol. The van der Waals surface area contributed by atoms with Crippen LogP contribution in [0, 0.1) is 5.92 Å². The molecule has 0 bridgehead atoms. The van der Waals surface area contributed by atoms with E-state index in [0.717, 1.165) is 32.0 Å². The van der Waals surface area contributed by atoms with Gasteiger partial charge in [0.1, 0.15) is 5.75 Å². The van der Waals surface area contributed by atoms with Crippen LogP contribution in [0.15, 0.2) is 18.2 Å². The molecule has 1 heterocycles. The fourth-order valence-corrected chi connectivity index (χ4v) is 2.61. The van der Waals surface area contributed by atoms with Gasteiger partial charge in [0.2, 0.25) is 0 Å². The summed E-state index contributed by atoms with van der Waals surface area (Å²) in [5, 5.41) is 3.25. The van der Waals surface area contributed by atoms with Crippen molar-refractivity contribution in [3.63, 3.8) is 0 Å². The highest BCUT2D eigenvalue weighted by Gasteiger charge is 2.35. The van der Waals surface area contributed by atoms with Crippen molar-refractivity contribution in [1.82, 2.24) is 5.32 Å². The Kier molecular flexibility index (Phi) is 4.34. The van der Waals surface area contributed by atoms with Crippen molar-refractivity contribution in [2.45, 2.75) is 25.4 Å². The zero-order valence-corrected chi connectivity index (χ0v) is 10.9. The summed E-state index contributed by atoms with van der Waals surface area (Å²) in [5.41, 5.74) is -0.0225. The summed E-state index contributed by atoms with van der Waals surface area (Å²) < 4.78 is 43.7. The molecule has 1 aliphatic heterocycles.